The minimum Gasteiger partial charge on any atom is -0.348 e. The zero-order valence-corrected chi connectivity index (χ0v) is 13.0. The van der Waals surface area contributed by atoms with Crippen molar-refractivity contribution in [2.45, 2.75) is 18.4 Å². The molecule has 1 amide bonds. The average molecular weight is 297 g/mol. The summed E-state index contributed by atoms with van der Waals surface area (Å²) in [7, 11) is 0. The summed E-state index contributed by atoms with van der Waals surface area (Å²) in [5.41, 5.74) is 3.04. The molecule has 0 aliphatic heterocycles. The molecule has 2 aromatic carbocycles. The lowest BCUT2D eigenvalue weighted by atomic mass is 10.1. The summed E-state index contributed by atoms with van der Waals surface area (Å²) in [6, 6.07) is 15.8. The fourth-order valence-corrected chi connectivity index (χ4v) is 2.70. The monoisotopic (exact) mass is 297 g/mol. The molecule has 0 saturated heterocycles. The van der Waals surface area contributed by atoms with Crippen molar-refractivity contribution < 1.29 is 4.79 Å². The van der Waals surface area contributed by atoms with E-state index in [0.29, 0.717) is 6.54 Å². The van der Waals surface area contributed by atoms with Gasteiger partial charge in [0.05, 0.1) is 5.56 Å². The van der Waals surface area contributed by atoms with Crippen molar-refractivity contribution >= 4 is 17.7 Å². The smallest absolute Gasteiger partial charge is 0.252 e. The zero-order chi connectivity index (χ0) is 15.1. The molecule has 2 aromatic rings. The predicted octanol–water partition coefficient (Wildman–Crippen LogP) is 4.20. The predicted molar refractivity (Wildman–Crippen MR) is 89.7 cm³/mol. The van der Waals surface area contributed by atoms with Gasteiger partial charge in [-0.05, 0) is 24.6 Å². The van der Waals surface area contributed by atoms with Gasteiger partial charge < -0.3 is 5.32 Å². The largest absolute Gasteiger partial charge is 0.348 e. The maximum atomic E-state index is 12.3. The normalized spacial score (nSPS) is 10.1. The third-order valence-corrected chi connectivity index (χ3v) is 4.13. The van der Waals surface area contributed by atoms with Crippen LogP contribution in [0, 0.1) is 6.92 Å². The summed E-state index contributed by atoms with van der Waals surface area (Å²) >= 11 is 1.62. The van der Waals surface area contributed by atoms with E-state index in [1.807, 2.05) is 42.5 Å². The summed E-state index contributed by atoms with van der Waals surface area (Å²) in [4.78, 5) is 13.3. The van der Waals surface area contributed by atoms with Gasteiger partial charge in [0.25, 0.3) is 5.91 Å². The first-order chi connectivity index (χ1) is 10.2. The highest BCUT2D eigenvalue weighted by Gasteiger charge is 2.10. The van der Waals surface area contributed by atoms with Crippen LogP contribution in [0.1, 0.15) is 21.5 Å². The van der Waals surface area contributed by atoms with Crippen molar-refractivity contribution in [3.63, 3.8) is 0 Å². The number of aryl methyl sites for hydroxylation is 1. The quantitative estimate of drug-likeness (QED) is 0.639. The first-order valence-corrected chi connectivity index (χ1v) is 7.85. The minimum absolute atomic E-state index is 0.0391. The fraction of sp³-hybridized carbons (Fsp3) is 0.167. The number of nitrogens with one attached hydrogen (secondary N) is 1. The summed E-state index contributed by atoms with van der Waals surface area (Å²) in [6.45, 7) is 6.30. The standard InChI is InChI=1S/C18H19NOS/c1-3-12-21-17-7-5-4-6-16(17)18(20)19-13-15-10-8-14(2)9-11-15/h3-11H,1,12-13H2,2H3,(H,19,20). The lowest BCUT2D eigenvalue weighted by molar-refractivity contribution is 0.0948. The maximum absolute atomic E-state index is 12.3. The third-order valence-electron chi connectivity index (χ3n) is 3.06. The van der Waals surface area contributed by atoms with Crippen LogP contribution in [0.3, 0.4) is 0 Å². The summed E-state index contributed by atoms with van der Waals surface area (Å²) in [5, 5.41) is 2.97. The molecule has 0 radical (unpaired) electrons. The summed E-state index contributed by atoms with van der Waals surface area (Å²) < 4.78 is 0. The molecular weight excluding hydrogens is 278 g/mol. The Morgan fingerprint density at radius 3 is 2.62 bits per heavy atom. The molecular formula is C18H19NOS. The second-order valence-corrected chi connectivity index (χ2v) is 5.83. The molecule has 0 saturated carbocycles. The molecule has 0 aromatic heterocycles. The first-order valence-electron chi connectivity index (χ1n) is 6.87. The number of benzene rings is 2. The Balaban J connectivity index is 2.02. The maximum Gasteiger partial charge on any atom is 0.252 e. The van der Waals surface area contributed by atoms with Crippen LogP contribution in [0.5, 0.6) is 0 Å². The molecule has 2 nitrogen and oxygen atoms in total. The molecule has 0 fully saturated rings. The van der Waals surface area contributed by atoms with E-state index in [1.54, 1.807) is 11.8 Å². The molecule has 108 valence electrons. The number of hydrogen-bond acceptors (Lipinski definition) is 2. The molecule has 0 unspecified atom stereocenters. The van der Waals surface area contributed by atoms with Gasteiger partial charge >= 0.3 is 0 Å². The van der Waals surface area contributed by atoms with Crippen molar-refractivity contribution in [1.82, 2.24) is 5.32 Å². The van der Waals surface area contributed by atoms with Gasteiger partial charge in [-0.2, -0.15) is 0 Å². The lowest BCUT2D eigenvalue weighted by Gasteiger charge is -2.09. The second-order valence-electron chi connectivity index (χ2n) is 4.76. The molecule has 2 rings (SSSR count). The van der Waals surface area contributed by atoms with Crippen LogP contribution in [0.15, 0.2) is 66.1 Å². The Kier molecular flexibility index (Phi) is 5.64. The Hall–Kier alpha value is -2.00. The zero-order valence-electron chi connectivity index (χ0n) is 12.1. The van der Waals surface area contributed by atoms with E-state index < -0.39 is 0 Å². The first kappa shape index (κ1) is 15.4. The number of amides is 1. The van der Waals surface area contributed by atoms with Crippen molar-refractivity contribution in [1.29, 1.82) is 0 Å². The number of thioether (sulfide) groups is 1. The van der Waals surface area contributed by atoms with Gasteiger partial charge in [-0.1, -0.05) is 48.0 Å². The van der Waals surface area contributed by atoms with Crippen LogP contribution < -0.4 is 5.32 Å². The Labute approximate surface area is 130 Å². The molecule has 1 N–H and O–H groups in total. The minimum atomic E-state index is -0.0391. The van der Waals surface area contributed by atoms with E-state index >= 15 is 0 Å². The van der Waals surface area contributed by atoms with Crippen molar-refractivity contribution in [3.05, 3.63) is 77.9 Å². The van der Waals surface area contributed by atoms with Crippen LogP contribution in [-0.4, -0.2) is 11.7 Å². The Bertz CT molecular complexity index is 619. The van der Waals surface area contributed by atoms with E-state index in [9.17, 15) is 4.79 Å². The summed E-state index contributed by atoms with van der Waals surface area (Å²) in [5.74, 6) is 0.755. The third kappa shape index (κ3) is 4.50. The van der Waals surface area contributed by atoms with Crippen LogP contribution in [0.4, 0.5) is 0 Å². The number of carbonyl (C=O) groups excluding carboxylic acids is 1. The highest BCUT2D eigenvalue weighted by atomic mass is 32.2. The van der Waals surface area contributed by atoms with Crippen LogP contribution >= 0.6 is 11.8 Å². The van der Waals surface area contributed by atoms with E-state index in [4.69, 9.17) is 0 Å². The molecule has 0 aliphatic rings. The Morgan fingerprint density at radius 2 is 1.90 bits per heavy atom. The highest BCUT2D eigenvalue weighted by Crippen LogP contribution is 2.22. The van der Waals surface area contributed by atoms with E-state index in [-0.39, 0.29) is 5.91 Å². The fourth-order valence-electron chi connectivity index (χ4n) is 1.91. The molecule has 3 heteroatoms. The van der Waals surface area contributed by atoms with E-state index in [0.717, 1.165) is 21.8 Å². The van der Waals surface area contributed by atoms with Gasteiger partial charge in [0, 0.05) is 17.2 Å². The average Bonchev–Trinajstić information content (AvgIpc) is 2.52. The molecule has 0 atom stereocenters. The molecule has 0 heterocycles. The van der Waals surface area contributed by atoms with Gasteiger partial charge in [0.1, 0.15) is 0 Å². The number of rotatable bonds is 6. The van der Waals surface area contributed by atoms with Gasteiger partial charge in [-0.15, -0.1) is 18.3 Å². The molecule has 0 aliphatic carbocycles. The van der Waals surface area contributed by atoms with Crippen LogP contribution in [-0.2, 0) is 6.54 Å². The number of carbonyl (C=O) groups is 1. The van der Waals surface area contributed by atoms with Gasteiger partial charge in [-0.3, -0.25) is 4.79 Å². The molecule has 0 spiro atoms. The number of hydrogen-bond donors (Lipinski definition) is 1. The van der Waals surface area contributed by atoms with Crippen LogP contribution in [0.25, 0.3) is 0 Å². The topological polar surface area (TPSA) is 29.1 Å². The van der Waals surface area contributed by atoms with E-state index in [2.05, 4.69) is 31.0 Å². The van der Waals surface area contributed by atoms with Gasteiger partial charge in [-0.25, -0.2) is 0 Å². The highest BCUT2D eigenvalue weighted by molar-refractivity contribution is 7.99. The second kappa shape index (κ2) is 7.70. The molecule has 0 bridgehead atoms. The van der Waals surface area contributed by atoms with Gasteiger partial charge in [0.2, 0.25) is 0 Å². The molecule has 21 heavy (non-hydrogen) atoms. The van der Waals surface area contributed by atoms with Crippen molar-refractivity contribution in [2.75, 3.05) is 5.75 Å². The van der Waals surface area contributed by atoms with E-state index in [1.165, 1.54) is 5.56 Å². The van der Waals surface area contributed by atoms with Crippen LogP contribution in [0.2, 0.25) is 0 Å². The lowest BCUT2D eigenvalue weighted by Crippen LogP contribution is -2.23. The van der Waals surface area contributed by atoms with Crippen molar-refractivity contribution in [3.8, 4) is 0 Å². The van der Waals surface area contributed by atoms with Gasteiger partial charge in [0.15, 0.2) is 0 Å². The Morgan fingerprint density at radius 1 is 1.19 bits per heavy atom. The SMILES string of the molecule is C=CCSc1ccccc1C(=O)NCc1ccc(C)cc1. The van der Waals surface area contributed by atoms with Crippen molar-refractivity contribution in [2.24, 2.45) is 0 Å². The summed E-state index contributed by atoms with van der Waals surface area (Å²) in [6.07, 6.45) is 1.84.